The Labute approximate surface area is 116 Å². The molecule has 0 fully saturated rings. The van der Waals surface area contributed by atoms with Crippen LogP contribution in [-0.4, -0.2) is 41.5 Å². The summed E-state index contributed by atoms with van der Waals surface area (Å²) < 4.78 is 0. The van der Waals surface area contributed by atoms with Crippen molar-refractivity contribution in [2.24, 2.45) is 17.6 Å². The van der Waals surface area contributed by atoms with Crippen molar-refractivity contribution in [1.82, 2.24) is 10.2 Å². The molecule has 18 heavy (non-hydrogen) atoms. The first kappa shape index (κ1) is 17.3. The summed E-state index contributed by atoms with van der Waals surface area (Å²) in [6.07, 6.45) is 0. The Bertz CT molecular complexity index is 281. The van der Waals surface area contributed by atoms with E-state index < -0.39 is 0 Å². The maximum atomic E-state index is 12.0. The zero-order valence-corrected chi connectivity index (χ0v) is 13.0. The molecule has 2 atom stereocenters. The average molecular weight is 273 g/mol. The average Bonchev–Trinajstić information content (AvgIpc) is 2.31. The molecule has 0 bridgehead atoms. The van der Waals surface area contributed by atoms with Gasteiger partial charge in [-0.3, -0.25) is 9.69 Å². The van der Waals surface area contributed by atoms with Crippen LogP contribution in [0.1, 0.15) is 34.6 Å². The van der Waals surface area contributed by atoms with E-state index in [1.807, 2.05) is 20.8 Å². The Hall–Kier alpha value is -0.680. The van der Waals surface area contributed by atoms with Crippen molar-refractivity contribution in [3.8, 4) is 0 Å². The van der Waals surface area contributed by atoms with E-state index in [0.717, 1.165) is 13.1 Å². The van der Waals surface area contributed by atoms with Gasteiger partial charge in [0.2, 0.25) is 5.91 Å². The summed E-state index contributed by atoms with van der Waals surface area (Å²) in [5.41, 5.74) is 5.62. The van der Waals surface area contributed by atoms with Gasteiger partial charge in [-0.05, 0) is 19.4 Å². The van der Waals surface area contributed by atoms with E-state index in [9.17, 15) is 4.79 Å². The highest BCUT2D eigenvalue weighted by molar-refractivity contribution is 7.80. The van der Waals surface area contributed by atoms with Crippen molar-refractivity contribution in [1.29, 1.82) is 0 Å². The molecule has 5 heteroatoms. The molecule has 0 aromatic heterocycles. The second-order valence-corrected chi connectivity index (χ2v) is 5.68. The minimum Gasteiger partial charge on any atom is -0.393 e. The summed E-state index contributed by atoms with van der Waals surface area (Å²) in [5, 5.41) is 2.95. The van der Waals surface area contributed by atoms with Gasteiger partial charge in [-0.25, -0.2) is 0 Å². The molecular formula is C13H27N3OS. The van der Waals surface area contributed by atoms with Crippen LogP contribution < -0.4 is 11.1 Å². The highest BCUT2D eigenvalue weighted by Crippen LogP contribution is 2.06. The minimum atomic E-state index is -0.148. The van der Waals surface area contributed by atoms with Gasteiger partial charge in [0.05, 0.1) is 11.0 Å². The van der Waals surface area contributed by atoms with Gasteiger partial charge in [0.1, 0.15) is 0 Å². The number of hydrogen-bond acceptors (Lipinski definition) is 3. The number of amides is 1. The fraction of sp³-hybridized carbons (Fsp3) is 0.846. The number of carbonyl (C=O) groups excluding carboxylic acids is 1. The van der Waals surface area contributed by atoms with Crippen LogP contribution in [0.2, 0.25) is 0 Å². The van der Waals surface area contributed by atoms with Crippen LogP contribution in [0.25, 0.3) is 0 Å². The predicted molar refractivity (Wildman–Crippen MR) is 80.5 cm³/mol. The first-order valence-corrected chi connectivity index (χ1v) is 7.01. The molecule has 2 unspecified atom stereocenters. The van der Waals surface area contributed by atoms with Gasteiger partial charge < -0.3 is 11.1 Å². The predicted octanol–water partition coefficient (Wildman–Crippen LogP) is 1.39. The summed E-state index contributed by atoms with van der Waals surface area (Å²) in [4.78, 5) is 14.6. The molecule has 0 saturated heterocycles. The van der Waals surface area contributed by atoms with Crippen molar-refractivity contribution >= 4 is 23.1 Å². The molecule has 0 radical (unpaired) electrons. The van der Waals surface area contributed by atoms with E-state index in [1.54, 1.807) is 0 Å². The second-order valence-electron chi connectivity index (χ2n) is 5.21. The number of nitrogens with zero attached hydrogens (tertiary/aromatic N) is 1. The first-order valence-electron chi connectivity index (χ1n) is 6.60. The van der Waals surface area contributed by atoms with Crippen molar-refractivity contribution < 1.29 is 4.79 Å². The monoisotopic (exact) mass is 273 g/mol. The molecule has 1 amide bonds. The third-order valence-corrected chi connectivity index (χ3v) is 3.41. The van der Waals surface area contributed by atoms with Gasteiger partial charge in [-0.2, -0.15) is 0 Å². The quantitative estimate of drug-likeness (QED) is 0.656. The lowest BCUT2D eigenvalue weighted by Gasteiger charge is -2.29. The number of nitrogens with two attached hydrogens (primary N) is 1. The van der Waals surface area contributed by atoms with Crippen molar-refractivity contribution in [2.45, 2.75) is 40.7 Å². The number of likely N-dealkylation sites (N-methyl/N-ethyl adjacent to an activating group) is 1. The van der Waals surface area contributed by atoms with E-state index >= 15 is 0 Å². The zero-order chi connectivity index (χ0) is 14.3. The normalized spacial score (nSPS) is 14.6. The van der Waals surface area contributed by atoms with Crippen LogP contribution in [0.3, 0.4) is 0 Å². The molecule has 0 aliphatic carbocycles. The lowest BCUT2D eigenvalue weighted by Crippen LogP contribution is -2.48. The topological polar surface area (TPSA) is 58.4 Å². The molecular weight excluding hydrogens is 246 g/mol. The Morgan fingerprint density at radius 1 is 1.33 bits per heavy atom. The Morgan fingerprint density at radius 2 is 1.89 bits per heavy atom. The van der Waals surface area contributed by atoms with Crippen LogP contribution in [-0.2, 0) is 4.79 Å². The van der Waals surface area contributed by atoms with Gasteiger partial charge in [-0.15, -0.1) is 0 Å². The van der Waals surface area contributed by atoms with Gasteiger partial charge in [0.25, 0.3) is 0 Å². The lowest BCUT2D eigenvalue weighted by molar-refractivity contribution is -0.126. The molecule has 106 valence electrons. The van der Waals surface area contributed by atoms with E-state index in [2.05, 4.69) is 24.1 Å². The van der Waals surface area contributed by atoms with Crippen LogP contribution in [0.15, 0.2) is 0 Å². The Balaban J connectivity index is 4.37. The zero-order valence-electron chi connectivity index (χ0n) is 12.2. The van der Waals surface area contributed by atoms with Gasteiger partial charge in [0.15, 0.2) is 0 Å². The molecule has 0 saturated carbocycles. The summed E-state index contributed by atoms with van der Waals surface area (Å²) in [6, 6.07) is -0.148. The van der Waals surface area contributed by atoms with Crippen molar-refractivity contribution in [3.05, 3.63) is 0 Å². The minimum absolute atomic E-state index is 0.0701. The second kappa shape index (κ2) is 8.43. The first-order chi connectivity index (χ1) is 8.29. The number of thiocarbonyl (C=S) groups is 1. The fourth-order valence-corrected chi connectivity index (χ4v) is 1.70. The number of hydrogen-bond donors (Lipinski definition) is 2. The van der Waals surface area contributed by atoms with Gasteiger partial charge in [-0.1, -0.05) is 39.9 Å². The third kappa shape index (κ3) is 6.31. The molecule has 0 spiro atoms. The number of nitrogens with one attached hydrogen (secondary N) is 1. The van der Waals surface area contributed by atoms with Crippen molar-refractivity contribution in [2.75, 3.05) is 19.6 Å². The molecule has 3 N–H and O–H groups in total. The molecule has 0 aliphatic heterocycles. The molecule has 0 aromatic rings. The highest BCUT2D eigenvalue weighted by Gasteiger charge is 2.22. The molecule has 0 aromatic carbocycles. The van der Waals surface area contributed by atoms with Crippen LogP contribution in [0.5, 0.6) is 0 Å². The summed E-state index contributed by atoms with van der Waals surface area (Å²) >= 11 is 4.97. The van der Waals surface area contributed by atoms with E-state index in [1.165, 1.54) is 0 Å². The summed E-state index contributed by atoms with van der Waals surface area (Å²) in [5.74, 6) is 0.660. The standard InChI is InChI=1S/C13H27N3OS/c1-6-16(8-10(4)12(14)18)11(5)13(17)15-7-9(2)3/h9-11H,6-8H2,1-5H3,(H2,14,18)(H,15,17). The van der Waals surface area contributed by atoms with E-state index in [-0.39, 0.29) is 17.9 Å². The highest BCUT2D eigenvalue weighted by atomic mass is 32.1. The number of carbonyl (C=O) groups is 1. The van der Waals surface area contributed by atoms with E-state index in [4.69, 9.17) is 18.0 Å². The van der Waals surface area contributed by atoms with Crippen molar-refractivity contribution in [3.63, 3.8) is 0 Å². The summed E-state index contributed by atoms with van der Waals surface area (Å²) in [6.45, 7) is 12.4. The molecule has 0 heterocycles. The summed E-state index contributed by atoms with van der Waals surface area (Å²) in [7, 11) is 0. The molecule has 0 rings (SSSR count). The van der Waals surface area contributed by atoms with Gasteiger partial charge >= 0.3 is 0 Å². The van der Waals surface area contributed by atoms with Crippen LogP contribution in [0, 0.1) is 11.8 Å². The maximum absolute atomic E-state index is 12.0. The van der Waals surface area contributed by atoms with Crippen LogP contribution in [0.4, 0.5) is 0 Å². The lowest BCUT2D eigenvalue weighted by atomic mass is 10.1. The van der Waals surface area contributed by atoms with Crippen LogP contribution >= 0.6 is 12.2 Å². The Morgan fingerprint density at radius 3 is 2.28 bits per heavy atom. The third-order valence-electron chi connectivity index (χ3n) is 3.01. The fourth-order valence-electron chi connectivity index (χ4n) is 1.62. The smallest absolute Gasteiger partial charge is 0.237 e. The largest absolute Gasteiger partial charge is 0.393 e. The maximum Gasteiger partial charge on any atom is 0.237 e. The molecule has 4 nitrogen and oxygen atoms in total. The van der Waals surface area contributed by atoms with E-state index in [0.29, 0.717) is 17.5 Å². The SMILES string of the molecule is CCN(CC(C)C(N)=S)C(C)C(=O)NCC(C)C. The number of rotatable bonds is 8. The van der Waals surface area contributed by atoms with Gasteiger partial charge in [0, 0.05) is 19.0 Å². The Kier molecular flexibility index (Phi) is 8.11. The molecule has 0 aliphatic rings.